The number of hydrogen-bond donors (Lipinski definition) is 1. The van der Waals surface area contributed by atoms with Crippen LogP contribution in [0.5, 0.6) is 5.75 Å². The molecule has 0 fully saturated rings. The molecule has 0 bridgehead atoms. The van der Waals surface area contributed by atoms with Gasteiger partial charge in [-0.2, -0.15) is 0 Å². The lowest BCUT2D eigenvalue weighted by atomic mass is 10.2. The quantitative estimate of drug-likeness (QED) is 0.568. The lowest BCUT2D eigenvalue weighted by molar-refractivity contribution is 0.304. The summed E-state index contributed by atoms with van der Waals surface area (Å²) in [5.74, 6) is 0.960. The fraction of sp³-hybridized carbons (Fsp3) is 0.444. The molecule has 114 valence electrons. The van der Waals surface area contributed by atoms with Gasteiger partial charge in [-0.1, -0.05) is 44.7 Å². The molecule has 0 unspecified atom stereocenters. The van der Waals surface area contributed by atoms with Gasteiger partial charge in [0.15, 0.2) is 0 Å². The van der Waals surface area contributed by atoms with Gasteiger partial charge in [-0.15, -0.1) is 11.3 Å². The van der Waals surface area contributed by atoms with Crippen molar-refractivity contribution in [2.75, 3.05) is 11.9 Å². The summed E-state index contributed by atoms with van der Waals surface area (Å²) in [6, 6.07) is 12.5. The zero-order valence-corrected chi connectivity index (χ0v) is 13.6. The van der Waals surface area contributed by atoms with Gasteiger partial charge in [0.05, 0.1) is 6.61 Å². The van der Waals surface area contributed by atoms with Crippen LogP contribution in [0.3, 0.4) is 0 Å². The van der Waals surface area contributed by atoms with Crippen molar-refractivity contribution in [3.05, 3.63) is 46.7 Å². The molecule has 0 aliphatic carbocycles. The Bertz CT molecular complexity index is 496. The van der Waals surface area contributed by atoms with Crippen LogP contribution in [0.1, 0.15) is 43.9 Å². The lowest BCUT2D eigenvalue weighted by Gasteiger charge is -2.09. The standard InChI is InChI=1S/C18H25NOS/c1-2-3-4-5-6-12-20-17-10-7-9-16(14-17)19-15-18-11-8-13-21-18/h7-11,13-14,19H,2-6,12,15H2,1H3. The molecule has 1 aromatic heterocycles. The Balaban J connectivity index is 1.70. The van der Waals surface area contributed by atoms with Crippen LogP contribution in [0.15, 0.2) is 41.8 Å². The first-order valence-corrected chi connectivity index (χ1v) is 8.75. The molecule has 0 atom stereocenters. The number of ether oxygens (including phenoxy) is 1. The van der Waals surface area contributed by atoms with Crippen molar-refractivity contribution in [1.29, 1.82) is 0 Å². The molecular weight excluding hydrogens is 278 g/mol. The van der Waals surface area contributed by atoms with Gasteiger partial charge in [0.2, 0.25) is 0 Å². The van der Waals surface area contributed by atoms with E-state index in [1.165, 1.54) is 30.6 Å². The molecule has 2 aromatic rings. The minimum Gasteiger partial charge on any atom is -0.494 e. The zero-order chi connectivity index (χ0) is 14.8. The first-order chi connectivity index (χ1) is 10.4. The van der Waals surface area contributed by atoms with E-state index < -0.39 is 0 Å². The van der Waals surface area contributed by atoms with E-state index >= 15 is 0 Å². The van der Waals surface area contributed by atoms with E-state index in [9.17, 15) is 0 Å². The van der Waals surface area contributed by atoms with Crippen molar-refractivity contribution in [3.63, 3.8) is 0 Å². The molecule has 0 radical (unpaired) electrons. The van der Waals surface area contributed by atoms with Crippen molar-refractivity contribution in [3.8, 4) is 5.75 Å². The molecule has 2 rings (SSSR count). The average Bonchev–Trinajstić information content (AvgIpc) is 3.03. The van der Waals surface area contributed by atoms with E-state index in [4.69, 9.17) is 4.74 Å². The highest BCUT2D eigenvalue weighted by molar-refractivity contribution is 7.09. The molecule has 0 saturated carbocycles. The summed E-state index contributed by atoms with van der Waals surface area (Å²) in [7, 11) is 0. The second-order valence-corrected chi connectivity index (χ2v) is 6.26. The number of anilines is 1. The molecule has 3 heteroatoms. The Morgan fingerprint density at radius 3 is 2.76 bits per heavy atom. The second-order valence-electron chi connectivity index (χ2n) is 5.22. The summed E-state index contributed by atoms with van der Waals surface area (Å²) in [5, 5.41) is 5.54. The molecule has 0 amide bonds. The van der Waals surface area contributed by atoms with Crippen molar-refractivity contribution >= 4 is 17.0 Å². The number of unbranched alkanes of at least 4 members (excludes halogenated alkanes) is 4. The number of hydrogen-bond acceptors (Lipinski definition) is 3. The maximum atomic E-state index is 5.83. The summed E-state index contributed by atoms with van der Waals surface area (Å²) in [5.41, 5.74) is 1.12. The van der Waals surface area contributed by atoms with Crippen LogP contribution in [-0.2, 0) is 6.54 Å². The normalized spacial score (nSPS) is 10.5. The van der Waals surface area contributed by atoms with Crippen LogP contribution in [0.2, 0.25) is 0 Å². The molecular formula is C18H25NOS. The summed E-state index contributed by atoms with van der Waals surface area (Å²) in [6.45, 7) is 3.93. The van der Waals surface area contributed by atoms with Gasteiger partial charge in [0.1, 0.15) is 5.75 Å². The van der Waals surface area contributed by atoms with Crippen LogP contribution in [0.25, 0.3) is 0 Å². The summed E-state index contributed by atoms with van der Waals surface area (Å²) < 4.78 is 5.83. The van der Waals surface area contributed by atoms with E-state index in [2.05, 4.69) is 41.9 Å². The minimum absolute atomic E-state index is 0.818. The Morgan fingerprint density at radius 1 is 1.05 bits per heavy atom. The van der Waals surface area contributed by atoms with Crippen molar-refractivity contribution < 1.29 is 4.74 Å². The fourth-order valence-corrected chi connectivity index (χ4v) is 2.84. The highest BCUT2D eigenvalue weighted by Gasteiger charge is 1.98. The average molecular weight is 303 g/mol. The topological polar surface area (TPSA) is 21.3 Å². The SMILES string of the molecule is CCCCCCCOc1cccc(NCc2cccs2)c1. The Kier molecular flexibility index (Phi) is 7.16. The van der Waals surface area contributed by atoms with E-state index in [1.54, 1.807) is 11.3 Å². The van der Waals surface area contributed by atoms with Gasteiger partial charge in [-0.05, 0) is 30.0 Å². The highest BCUT2D eigenvalue weighted by atomic mass is 32.1. The van der Waals surface area contributed by atoms with E-state index in [-0.39, 0.29) is 0 Å². The molecule has 1 aromatic carbocycles. The fourth-order valence-electron chi connectivity index (χ4n) is 2.19. The van der Waals surface area contributed by atoms with Crippen molar-refractivity contribution in [1.82, 2.24) is 0 Å². The van der Waals surface area contributed by atoms with Gasteiger partial charge < -0.3 is 10.1 Å². The first-order valence-electron chi connectivity index (χ1n) is 7.87. The lowest BCUT2D eigenvalue weighted by Crippen LogP contribution is -2.00. The third-order valence-corrected chi connectivity index (χ3v) is 4.27. The molecule has 1 N–H and O–H groups in total. The summed E-state index contributed by atoms with van der Waals surface area (Å²) >= 11 is 1.78. The predicted octanol–water partition coefficient (Wildman–Crippen LogP) is 5.71. The Hall–Kier alpha value is -1.48. The number of benzene rings is 1. The highest BCUT2D eigenvalue weighted by Crippen LogP contribution is 2.19. The molecule has 0 saturated heterocycles. The molecule has 1 heterocycles. The van der Waals surface area contributed by atoms with Crippen LogP contribution < -0.4 is 10.1 Å². The van der Waals surface area contributed by atoms with E-state index in [0.29, 0.717) is 0 Å². The minimum atomic E-state index is 0.818. The van der Waals surface area contributed by atoms with Crippen molar-refractivity contribution in [2.45, 2.75) is 45.6 Å². The Morgan fingerprint density at radius 2 is 1.95 bits per heavy atom. The largest absolute Gasteiger partial charge is 0.494 e. The van der Waals surface area contributed by atoms with Crippen LogP contribution in [0.4, 0.5) is 5.69 Å². The van der Waals surface area contributed by atoms with E-state index in [1.807, 2.05) is 12.1 Å². The van der Waals surface area contributed by atoms with Crippen molar-refractivity contribution in [2.24, 2.45) is 0 Å². The molecule has 0 aliphatic heterocycles. The smallest absolute Gasteiger partial charge is 0.121 e. The number of thiophene rings is 1. The summed E-state index contributed by atoms with van der Waals surface area (Å²) in [4.78, 5) is 1.34. The molecule has 0 aliphatic rings. The first kappa shape index (κ1) is 15.9. The van der Waals surface area contributed by atoms with E-state index in [0.717, 1.165) is 31.0 Å². The van der Waals surface area contributed by atoms with Gasteiger partial charge >= 0.3 is 0 Å². The van der Waals surface area contributed by atoms with Crippen LogP contribution >= 0.6 is 11.3 Å². The third-order valence-electron chi connectivity index (χ3n) is 3.40. The van der Waals surface area contributed by atoms with Gasteiger partial charge in [0.25, 0.3) is 0 Å². The maximum absolute atomic E-state index is 5.83. The monoisotopic (exact) mass is 303 g/mol. The number of rotatable bonds is 10. The summed E-state index contributed by atoms with van der Waals surface area (Å²) in [6.07, 6.45) is 6.36. The van der Waals surface area contributed by atoms with Gasteiger partial charge in [-0.3, -0.25) is 0 Å². The number of nitrogens with one attached hydrogen (secondary N) is 1. The maximum Gasteiger partial charge on any atom is 0.121 e. The van der Waals surface area contributed by atoms with Gasteiger partial charge in [-0.25, -0.2) is 0 Å². The third kappa shape index (κ3) is 6.21. The zero-order valence-electron chi connectivity index (χ0n) is 12.8. The second kappa shape index (κ2) is 9.46. The Labute approximate surface area is 132 Å². The molecule has 0 spiro atoms. The van der Waals surface area contributed by atoms with Crippen LogP contribution in [0, 0.1) is 0 Å². The molecule has 2 nitrogen and oxygen atoms in total. The van der Waals surface area contributed by atoms with Gasteiger partial charge in [0, 0.05) is 23.2 Å². The predicted molar refractivity (Wildman–Crippen MR) is 92.3 cm³/mol. The molecule has 21 heavy (non-hydrogen) atoms. The van der Waals surface area contributed by atoms with Crippen LogP contribution in [-0.4, -0.2) is 6.61 Å².